The van der Waals surface area contributed by atoms with Gasteiger partial charge in [0.2, 0.25) is 0 Å². The fourth-order valence-corrected chi connectivity index (χ4v) is 3.13. The van der Waals surface area contributed by atoms with Gasteiger partial charge in [-0.2, -0.15) is 0 Å². The second-order valence-electron chi connectivity index (χ2n) is 6.66. The van der Waals surface area contributed by atoms with E-state index in [9.17, 15) is 18.4 Å². The second kappa shape index (κ2) is 9.84. The highest BCUT2D eigenvalue weighted by Gasteiger charge is 2.27. The zero-order valence-electron chi connectivity index (χ0n) is 17.1. The molecule has 0 radical (unpaired) electrons. The zero-order chi connectivity index (χ0) is 22.4. The van der Waals surface area contributed by atoms with Crippen molar-refractivity contribution < 1.29 is 27.8 Å². The van der Waals surface area contributed by atoms with Crippen LogP contribution < -0.4 is 9.47 Å². The minimum atomic E-state index is -0.841. The molecule has 0 fully saturated rings. The van der Waals surface area contributed by atoms with Gasteiger partial charge in [0, 0.05) is 6.54 Å². The lowest BCUT2D eigenvalue weighted by atomic mass is 10.1. The van der Waals surface area contributed by atoms with Crippen LogP contribution >= 0.6 is 0 Å². The summed E-state index contributed by atoms with van der Waals surface area (Å²) >= 11 is 0. The van der Waals surface area contributed by atoms with Crippen molar-refractivity contribution in [1.82, 2.24) is 4.90 Å². The lowest BCUT2D eigenvalue weighted by Crippen LogP contribution is -2.39. The van der Waals surface area contributed by atoms with Crippen LogP contribution in [0.4, 0.5) is 8.78 Å². The van der Waals surface area contributed by atoms with Crippen LogP contribution in [0.5, 0.6) is 11.5 Å². The Morgan fingerprint density at radius 3 is 1.77 bits per heavy atom. The Hall–Kier alpha value is -3.74. The average Bonchev–Trinajstić information content (AvgIpc) is 2.79. The van der Waals surface area contributed by atoms with Gasteiger partial charge < -0.3 is 9.47 Å². The molecule has 3 aromatic carbocycles. The van der Waals surface area contributed by atoms with Crippen LogP contribution in [0.1, 0.15) is 26.3 Å². The fraction of sp³-hybridized carbons (Fsp3) is 0.167. The predicted octanol–water partition coefficient (Wildman–Crippen LogP) is 4.51. The van der Waals surface area contributed by atoms with E-state index in [-0.39, 0.29) is 24.1 Å². The van der Waals surface area contributed by atoms with Gasteiger partial charge in [0.15, 0.2) is 11.5 Å². The van der Waals surface area contributed by atoms with Crippen LogP contribution in [-0.2, 0) is 6.42 Å². The Bertz CT molecular complexity index is 1040. The molecule has 2 amide bonds. The smallest absolute Gasteiger partial charge is 0.263 e. The van der Waals surface area contributed by atoms with E-state index in [0.29, 0.717) is 11.5 Å². The maximum atomic E-state index is 14.2. The van der Waals surface area contributed by atoms with Gasteiger partial charge in [-0.1, -0.05) is 30.3 Å². The highest BCUT2D eigenvalue weighted by molar-refractivity contribution is 6.10. The molecule has 7 heteroatoms. The third-order valence-corrected chi connectivity index (χ3v) is 4.77. The number of hydrogen-bond acceptors (Lipinski definition) is 4. The molecule has 0 unspecified atom stereocenters. The van der Waals surface area contributed by atoms with E-state index in [1.54, 1.807) is 18.2 Å². The van der Waals surface area contributed by atoms with E-state index in [2.05, 4.69) is 0 Å². The number of nitrogens with zero attached hydrogens (tertiary/aromatic N) is 1. The molecule has 0 atom stereocenters. The van der Waals surface area contributed by atoms with E-state index in [4.69, 9.17) is 9.47 Å². The quantitative estimate of drug-likeness (QED) is 0.523. The second-order valence-corrected chi connectivity index (χ2v) is 6.66. The average molecular weight is 425 g/mol. The summed E-state index contributed by atoms with van der Waals surface area (Å²) < 4.78 is 38.9. The zero-order valence-corrected chi connectivity index (χ0v) is 17.1. The molecule has 0 N–H and O–H groups in total. The molecule has 0 spiro atoms. The van der Waals surface area contributed by atoms with Gasteiger partial charge in [-0.3, -0.25) is 14.5 Å². The molecule has 0 saturated carbocycles. The van der Waals surface area contributed by atoms with Gasteiger partial charge in [-0.15, -0.1) is 0 Å². The number of carbonyl (C=O) groups is 2. The molecule has 0 aliphatic rings. The maximum Gasteiger partial charge on any atom is 0.263 e. The molecule has 3 rings (SSSR count). The van der Waals surface area contributed by atoms with Crippen LogP contribution in [-0.4, -0.2) is 37.5 Å². The minimum Gasteiger partial charge on any atom is -0.493 e. The first-order chi connectivity index (χ1) is 15.0. The van der Waals surface area contributed by atoms with Gasteiger partial charge in [0.05, 0.1) is 25.3 Å². The lowest BCUT2D eigenvalue weighted by Gasteiger charge is -2.22. The summed E-state index contributed by atoms with van der Waals surface area (Å²) in [6.45, 7) is -0.0875. The molecule has 0 bridgehead atoms. The van der Waals surface area contributed by atoms with Gasteiger partial charge >= 0.3 is 0 Å². The van der Waals surface area contributed by atoms with E-state index < -0.39 is 23.4 Å². The molecular weight excluding hydrogens is 404 g/mol. The van der Waals surface area contributed by atoms with Crippen LogP contribution in [0.2, 0.25) is 0 Å². The fourth-order valence-electron chi connectivity index (χ4n) is 3.13. The van der Waals surface area contributed by atoms with Gasteiger partial charge in [0.25, 0.3) is 11.8 Å². The molecule has 0 aliphatic heterocycles. The van der Waals surface area contributed by atoms with Crippen molar-refractivity contribution in [3.63, 3.8) is 0 Å². The van der Waals surface area contributed by atoms with Crippen molar-refractivity contribution in [3.8, 4) is 11.5 Å². The summed E-state index contributed by atoms with van der Waals surface area (Å²) in [4.78, 5) is 26.9. The molecule has 0 aliphatic carbocycles. The third-order valence-electron chi connectivity index (χ3n) is 4.77. The van der Waals surface area contributed by atoms with E-state index in [0.717, 1.165) is 22.6 Å². The summed E-state index contributed by atoms with van der Waals surface area (Å²) in [5, 5.41) is 0. The Morgan fingerprint density at radius 1 is 0.774 bits per heavy atom. The molecule has 0 saturated heterocycles. The molecule has 5 nitrogen and oxygen atoms in total. The normalized spacial score (nSPS) is 10.5. The Morgan fingerprint density at radius 2 is 1.29 bits per heavy atom. The van der Waals surface area contributed by atoms with Crippen LogP contribution in [0.3, 0.4) is 0 Å². The highest BCUT2D eigenvalue weighted by Crippen LogP contribution is 2.28. The van der Waals surface area contributed by atoms with Gasteiger partial charge in [-0.25, -0.2) is 8.78 Å². The number of rotatable bonds is 7. The standard InChI is InChI=1S/C24H21F2NO4/c1-30-21-12-11-16(15-22(21)31-2)13-14-27(23(28)17-7-3-5-9-19(17)25)24(29)18-8-4-6-10-20(18)26/h3-12,15H,13-14H2,1-2H3. The monoisotopic (exact) mass is 425 g/mol. The van der Waals surface area contributed by atoms with E-state index in [1.165, 1.54) is 50.6 Å². The van der Waals surface area contributed by atoms with Crippen molar-refractivity contribution in [1.29, 1.82) is 0 Å². The molecule has 3 aromatic rings. The Kier molecular flexibility index (Phi) is 6.97. The first kappa shape index (κ1) is 22.0. The van der Waals surface area contributed by atoms with Crippen LogP contribution in [0.25, 0.3) is 0 Å². The summed E-state index contributed by atoms with van der Waals surface area (Å²) in [5.74, 6) is -2.17. The molecule has 31 heavy (non-hydrogen) atoms. The van der Waals surface area contributed by atoms with Crippen molar-refractivity contribution >= 4 is 11.8 Å². The van der Waals surface area contributed by atoms with Crippen molar-refractivity contribution in [2.75, 3.05) is 20.8 Å². The molecule has 160 valence electrons. The SMILES string of the molecule is COc1ccc(CCN(C(=O)c2ccccc2F)C(=O)c2ccccc2F)cc1OC. The third kappa shape index (κ3) is 4.88. The molecule has 0 heterocycles. The number of carbonyl (C=O) groups excluding carboxylic acids is 2. The van der Waals surface area contributed by atoms with E-state index >= 15 is 0 Å². The first-order valence-electron chi connectivity index (χ1n) is 9.52. The Labute approximate surface area is 178 Å². The summed E-state index contributed by atoms with van der Waals surface area (Å²) in [6.07, 6.45) is 0.251. The first-order valence-corrected chi connectivity index (χ1v) is 9.52. The van der Waals surface area contributed by atoms with Crippen molar-refractivity contribution in [2.24, 2.45) is 0 Å². The lowest BCUT2D eigenvalue weighted by molar-refractivity contribution is 0.0613. The van der Waals surface area contributed by atoms with Gasteiger partial charge in [0.1, 0.15) is 11.6 Å². The summed E-state index contributed by atoms with van der Waals surface area (Å²) in [7, 11) is 3.01. The summed E-state index contributed by atoms with van der Waals surface area (Å²) in [5.41, 5.74) is 0.226. The molecular formula is C24H21F2NO4. The Balaban J connectivity index is 1.93. The predicted molar refractivity (Wildman–Crippen MR) is 111 cm³/mol. The number of imide groups is 1. The molecule has 0 aromatic heterocycles. The number of methoxy groups -OCH3 is 2. The summed E-state index contributed by atoms with van der Waals surface area (Å²) in [6, 6.07) is 15.9. The number of amides is 2. The van der Waals surface area contributed by atoms with Crippen LogP contribution in [0, 0.1) is 11.6 Å². The number of hydrogen-bond donors (Lipinski definition) is 0. The number of halogens is 2. The van der Waals surface area contributed by atoms with Gasteiger partial charge in [-0.05, 0) is 48.4 Å². The van der Waals surface area contributed by atoms with Crippen molar-refractivity contribution in [3.05, 3.63) is 95.1 Å². The topological polar surface area (TPSA) is 55.8 Å². The highest BCUT2D eigenvalue weighted by atomic mass is 19.1. The van der Waals surface area contributed by atoms with E-state index in [1.807, 2.05) is 0 Å². The van der Waals surface area contributed by atoms with Crippen LogP contribution in [0.15, 0.2) is 66.7 Å². The minimum absolute atomic E-state index is 0.0875. The number of ether oxygens (including phenoxy) is 2. The largest absolute Gasteiger partial charge is 0.493 e. The number of benzene rings is 3. The van der Waals surface area contributed by atoms with Crippen molar-refractivity contribution in [2.45, 2.75) is 6.42 Å². The maximum absolute atomic E-state index is 14.2.